The second kappa shape index (κ2) is 11.7. The molecule has 4 N–H and O–H groups in total. The highest BCUT2D eigenvalue weighted by molar-refractivity contribution is 7.89. The van der Waals surface area contributed by atoms with Crippen molar-refractivity contribution in [2.75, 3.05) is 25.4 Å². The molecule has 1 spiro atoms. The first kappa shape index (κ1) is 30.4. The molecule has 13 heteroatoms. The molecule has 0 aromatic heterocycles. The van der Waals surface area contributed by atoms with Crippen LogP contribution in [0.15, 0.2) is 41.4 Å². The van der Waals surface area contributed by atoms with Crippen molar-refractivity contribution >= 4 is 21.8 Å². The highest BCUT2D eigenvalue weighted by Crippen LogP contribution is 2.36. The molecule has 2 aromatic carbocycles. The second-order valence-corrected chi connectivity index (χ2v) is 12.2. The number of aromatic carboxylic acids is 1. The molecule has 2 aromatic rings. The molecular weight excluding hydrogens is 563 g/mol. The first-order valence-electron chi connectivity index (χ1n) is 12.9. The summed E-state index contributed by atoms with van der Waals surface area (Å²) in [5.74, 6) is 1.40. The SMILES string of the molecule is C#CCCOc1cc(C2=NC(O)C3(CCN(S(=O)(=O)CCc4ccc(C(O)=[OH+])cc4C)CC3)N2)cc(C(F)(F)F)c1. The largest absolute Gasteiger partial charge is 0.515 e. The van der Waals surface area contributed by atoms with Gasteiger partial charge < -0.3 is 25.1 Å². The number of halogens is 3. The van der Waals surface area contributed by atoms with Crippen LogP contribution in [0.3, 0.4) is 0 Å². The molecule has 9 nitrogen and oxygen atoms in total. The number of nitrogens with zero attached hydrogens (tertiary/aromatic N) is 2. The predicted molar refractivity (Wildman–Crippen MR) is 147 cm³/mol. The van der Waals surface area contributed by atoms with Crippen molar-refractivity contribution in [3.63, 3.8) is 0 Å². The van der Waals surface area contributed by atoms with E-state index in [2.05, 4.69) is 16.2 Å². The van der Waals surface area contributed by atoms with E-state index in [9.17, 15) is 36.6 Å². The van der Waals surface area contributed by atoms with Crippen molar-refractivity contribution in [3.8, 4) is 18.1 Å². The normalized spacial score (nSPS) is 18.9. The predicted octanol–water partition coefficient (Wildman–Crippen LogP) is 2.90. The monoisotopic (exact) mass is 594 g/mol. The summed E-state index contributed by atoms with van der Waals surface area (Å²) in [4.78, 5) is 13.4. The van der Waals surface area contributed by atoms with Gasteiger partial charge in [0, 0.05) is 25.1 Å². The number of nitrogens with one attached hydrogen (secondary N) is 1. The summed E-state index contributed by atoms with van der Waals surface area (Å²) in [7, 11) is -3.67. The van der Waals surface area contributed by atoms with Crippen molar-refractivity contribution in [1.82, 2.24) is 9.62 Å². The molecule has 0 aliphatic carbocycles. The second-order valence-electron chi connectivity index (χ2n) is 10.1. The highest BCUT2D eigenvalue weighted by atomic mass is 32.2. The molecule has 41 heavy (non-hydrogen) atoms. The van der Waals surface area contributed by atoms with Crippen LogP contribution in [0, 0.1) is 19.3 Å². The van der Waals surface area contributed by atoms with Gasteiger partial charge in [-0.3, -0.25) is 0 Å². The van der Waals surface area contributed by atoms with Gasteiger partial charge >= 0.3 is 12.1 Å². The Bertz CT molecular complexity index is 1490. The summed E-state index contributed by atoms with van der Waals surface area (Å²) in [6.07, 6.45) is 0.0622. The number of alkyl halides is 3. The number of rotatable bonds is 9. The summed E-state index contributed by atoms with van der Waals surface area (Å²) < 4.78 is 73.6. The molecule has 1 atom stereocenters. The summed E-state index contributed by atoms with van der Waals surface area (Å²) >= 11 is 0. The zero-order valence-electron chi connectivity index (χ0n) is 22.3. The van der Waals surface area contributed by atoms with Gasteiger partial charge in [-0.2, -0.15) is 13.2 Å². The van der Waals surface area contributed by atoms with Crippen LogP contribution in [0.2, 0.25) is 0 Å². The third-order valence-electron chi connectivity index (χ3n) is 7.37. The molecule has 1 unspecified atom stereocenters. The molecule has 0 saturated carbocycles. The molecule has 2 heterocycles. The Labute approximate surface area is 236 Å². The molecule has 4 rings (SSSR count). The lowest BCUT2D eigenvalue weighted by Crippen LogP contribution is -2.58. The zero-order chi connectivity index (χ0) is 30.0. The lowest BCUT2D eigenvalue weighted by molar-refractivity contribution is -0.137. The fourth-order valence-corrected chi connectivity index (χ4v) is 6.44. The standard InChI is InChI=1S/C28H30F3N3O6S/c1-3-4-12-40-23-16-21(15-22(17-23)28(29,30)31)24-32-26(37)27(33-24)8-10-34(11-9-27)41(38,39)13-7-19-5-6-20(25(35)36)14-18(19)2/h1,5-6,14-17,26,37H,4,7-13H2,2H3,(H,32,33)(H,35,36)/p+1. The van der Waals surface area contributed by atoms with Gasteiger partial charge in [0.1, 0.15) is 17.1 Å². The average Bonchev–Trinajstić information content (AvgIpc) is 3.22. The minimum absolute atomic E-state index is 0.0315. The van der Waals surface area contributed by atoms with E-state index in [4.69, 9.17) is 11.2 Å². The number of terminal acetylenes is 1. The van der Waals surface area contributed by atoms with Gasteiger partial charge in [-0.05, 0) is 67.6 Å². The smallest absolute Gasteiger partial charge is 0.493 e. The highest BCUT2D eigenvalue weighted by Gasteiger charge is 2.47. The van der Waals surface area contributed by atoms with Gasteiger partial charge in [0.15, 0.2) is 6.23 Å². The fraction of sp³-hybridized carbons (Fsp3) is 0.429. The number of sulfonamides is 1. The van der Waals surface area contributed by atoms with Crippen LogP contribution in [0.1, 0.15) is 47.1 Å². The number of carboxylic acids is 1. The number of aliphatic hydroxyl groups excluding tert-OH is 2. The molecule has 0 amide bonds. The lowest BCUT2D eigenvalue weighted by atomic mass is 9.87. The van der Waals surface area contributed by atoms with E-state index in [-0.39, 0.29) is 73.8 Å². The number of hydrogen-bond donors (Lipinski definition) is 3. The van der Waals surface area contributed by atoms with Crippen LogP contribution in [0.4, 0.5) is 13.2 Å². The number of carboxylic acid groups (broad SMARTS) is 1. The van der Waals surface area contributed by atoms with E-state index < -0.39 is 39.5 Å². The summed E-state index contributed by atoms with van der Waals surface area (Å²) in [6, 6.07) is 7.88. The van der Waals surface area contributed by atoms with Crippen LogP contribution in [0.5, 0.6) is 5.75 Å². The molecule has 0 radical (unpaired) electrons. The number of aryl methyl sites for hydroxylation is 2. The number of piperidine rings is 1. The van der Waals surface area contributed by atoms with E-state index >= 15 is 0 Å². The van der Waals surface area contributed by atoms with Crippen molar-refractivity contribution in [2.45, 2.75) is 50.6 Å². The Morgan fingerprint density at radius 3 is 2.59 bits per heavy atom. The van der Waals surface area contributed by atoms with Gasteiger partial charge in [0.05, 0.1) is 23.5 Å². The Morgan fingerprint density at radius 2 is 1.98 bits per heavy atom. The van der Waals surface area contributed by atoms with E-state index in [1.165, 1.54) is 16.4 Å². The zero-order valence-corrected chi connectivity index (χ0v) is 23.1. The third-order valence-corrected chi connectivity index (χ3v) is 9.25. The quantitative estimate of drug-likeness (QED) is 0.232. The first-order valence-corrected chi connectivity index (χ1v) is 14.5. The number of benzene rings is 2. The van der Waals surface area contributed by atoms with Gasteiger partial charge in [0.2, 0.25) is 10.0 Å². The van der Waals surface area contributed by atoms with E-state index in [0.29, 0.717) is 0 Å². The Hall–Kier alpha value is -3.60. The maximum absolute atomic E-state index is 13.6. The van der Waals surface area contributed by atoms with Crippen LogP contribution < -0.4 is 10.1 Å². The molecule has 2 aliphatic rings. The van der Waals surface area contributed by atoms with Crippen molar-refractivity contribution in [1.29, 1.82) is 0 Å². The molecule has 0 bridgehead atoms. The molecule has 220 valence electrons. The van der Waals surface area contributed by atoms with Crippen LogP contribution in [-0.2, 0) is 22.6 Å². The first-order chi connectivity index (χ1) is 19.2. The van der Waals surface area contributed by atoms with Crippen molar-refractivity contribution in [3.05, 3.63) is 64.2 Å². The Balaban J connectivity index is 1.43. The number of amidine groups is 1. The molecule has 2 aliphatic heterocycles. The number of aliphatic hydroxyl groups is 1. The maximum Gasteiger partial charge on any atom is 0.515 e. The average molecular weight is 595 g/mol. The van der Waals surface area contributed by atoms with Crippen LogP contribution >= 0.6 is 0 Å². The van der Waals surface area contributed by atoms with Gasteiger partial charge in [0.25, 0.3) is 0 Å². The van der Waals surface area contributed by atoms with E-state index in [1.807, 2.05) is 0 Å². The summed E-state index contributed by atoms with van der Waals surface area (Å²) in [5.41, 5.74) is -0.190. The van der Waals surface area contributed by atoms with Gasteiger partial charge in [-0.1, -0.05) is 6.07 Å². The van der Waals surface area contributed by atoms with Crippen molar-refractivity contribution in [2.24, 2.45) is 4.99 Å². The summed E-state index contributed by atoms with van der Waals surface area (Å²) in [5, 5.41) is 23.1. The maximum atomic E-state index is 13.6. The molecular formula is C28H31F3N3O6S+. The number of ether oxygens (including phenoxy) is 1. The van der Waals surface area contributed by atoms with Crippen molar-refractivity contribution < 1.29 is 41.3 Å². The third kappa shape index (κ3) is 6.83. The Kier molecular flexibility index (Phi) is 8.67. The topological polar surface area (TPSA) is 133 Å². The van der Waals surface area contributed by atoms with Gasteiger partial charge in [-0.25, -0.2) is 17.7 Å². The van der Waals surface area contributed by atoms with E-state index in [0.717, 1.165) is 23.3 Å². The fourth-order valence-electron chi connectivity index (χ4n) is 4.97. The minimum Gasteiger partial charge on any atom is -0.493 e. The van der Waals surface area contributed by atoms with Crippen LogP contribution in [0.25, 0.3) is 0 Å². The van der Waals surface area contributed by atoms with E-state index in [1.54, 1.807) is 19.1 Å². The molecule has 1 fully saturated rings. The summed E-state index contributed by atoms with van der Waals surface area (Å²) in [6.45, 7) is 1.96. The van der Waals surface area contributed by atoms with Gasteiger partial charge in [-0.15, -0.1) is 12.3 Å². The lowest BCUT2D eigenvalue weighted by Gasteiger charge is -2.40. The van der Waals surface area contributed by atoms with Crippen LogP contribution in [-0.4, -0.2) is 76.8 Å². The Morgan fingerprint density at radius 1 is 1.27 bits per heavy atom. The molecule has 1 saturated heterocycles. The number of aliphatic imine (C=N–C) groups is 1. The minimum atomic E-state index is -4.64. The number of hydrogen-bond acceptors (Lipinski definition) is 6.